The van der Waals surface area contributed by atoms with Crippen LogP contribution in [-0.4, -0.2) is 4.98 Å². The van der Waals surface area contributed by atoms with Gasteiger partial charge in [-0.25, -0.2) is 0 Å². The first-order valence-corrected chi connectivity index (χ1v) is 5.79. The van der Waals surface area contributed by atoms with Gasteiger partial charge < -0.3 is 9.40 Å². The van der Waals surface area contributed by atoms with Crippen LogP contribution in [0.15, 0.2) is 46.9 Å². The summed E-state index contributed by atoms with van der Waals surface area (Å²) >= 11 is 6.02. The number of H-pyrrole nitrogens is 1. The molecule has 0 aliphatic heterocycles. The van der Waals surface area contributed by atoms with Gasteiger partial charge in [-0.3, -0.25) is 0 Å². The van der Waals surface area contributed by atoms with E-state index in [1.807, 2.05) is 36.4 Å². The van der Waals surface area contributed by atoms with Gasteiger partial charge >= 0.3 is 0 Å². The summed E-state index contributed by atoms with van der Waals surface area (Å²) < 4.78 is 5.87. The Balaban J connectivity index is 2.30. The number of rotatable bonds is 0. The molecule has 4 aromatic rings. The standard InChI is InChI=1S/C14H8ClNO/c15-8-5-6-12-10(7-8)13-14(17-12)9-3-1-2-4-11(9)16-13/h1-7,16H. The summed E-state index contributed by atoms with van der Waals surface area (Å²) in [4.78, 5) is 3.38. The number of benzene rings is 2. The third-order valence-electron chi connectivity index (χ3n) is 3.08. The number of para-hydroxylation sites is 1. The Morgan fingerprint density at radius 1 is 1.00 bits per heavy atom. The molecule has 0 bridgehead atoms. The first-order valence-electron chi connectivity index (χ1n) is 5.41. The van der Waals surface area contributed by atoms with Crippen LogP contribution >= 0.6 is 11.6 Å². The molecule has 0 aliphatic rings. The highest BCUT2D eigenvalue weighted by Gasteiger charge is 2.12. The smallest absolute Gasteiger partial charge is 0.160 e. The third-order valence-corrected chi connectivity index (χ3v) is 3.32. The van der Waals surface area contributed by atoms with E-state index in [0.717, 1.165) is 38.0 Å². The summed E-state index contributed by atoms with van der Waals surface area (Å²) in [6.45, 7) is 0. The summed E-state index contributed by atoms with van der Waals surface area (Å²) in [5.74, 6) is 0. The van der Waals surface area contributed by atoms with E-state index in [0.29, 0.717) is 0 Å². The minimum absolute atomic E-state index is 0.721. The van der Waals surface area contributed by atoms with Crippen molar-refractivity contribution in [3.8, 4) is 0 Å². The van der Waals surface area contributed by atoms with Crippen LogP contribution in [0.4, 0.5) is 0 Å². The molecule has 0 aliphatic carbocycles. The summed E-state index contributed by atoms with van der Waals surface area (Å²) in [5.41, 5.74) is 3.87. The molecule has 17 heavy (non-hydrogen) atoms. The molecule has 3 heteroatoms. The Morgan fingerprint density at radius 2 is 1.88 bits per heavy atom. The van der Waals surface area contributed by atoms with E-state index in [1.165, 1.54) is 0 Å². The zero-order valence-electron chi connectivity index (χ0n) is 8.83. The highest BCUT2D eigenvalue weighted by Crippen LogP contribution is 2.34. The largest absolute Gasteiger partial charge is 0.454 e. The van der Waals surface area contributed by atoms with Gasteiger partial charge in [-0.2, -0.15) is 0 Å². The molecule has 0 saturated heterocycles. The Hall–Kier alpha value is -1.93. The average Bonchev–Trinajstić information content (AvgIpc) is 2.85. The Kier molecular flexibility index (Phi) is 1.64. The van der Waals surface area contributed by atoms with Crippen LogP contribution in [-0.2, 0) is 0 Å². The second-order valence-corrected chi connectivity index (χ2v) is 4.55. The normalized spacial score (nSPS) is 11.8. The lowest BCUT2D eigenvalue weighted by Gasteiger charge is -1.90. The van der Waals surface area contributed by atoms with Crippen LogP contribution in [0.2, 0.25) is 5.02 Å². The topological polar surface area (TPSA) is 28.9 Å². The fourth-order valence-corrected chi connectivity index (χ4v) is 2.48. The lowest BCUT2D eigenvalue weighted by molar-refractivity contribution is 0.673. The van der Waals surface area contributed by atoms with Crippen molar-refractivity contribution >= 4 is 44.6 Å². The summed E-state index contributed by atoms with van der Waals surface area (Å²) in [5, 5.41) is 2.86. The fourth-order valence-electron chi connectivity index (χ4n) is 2.31. The number of aromatic amines is 1. The maximum Gasteiger partial charge on any atom is 0.160 e. The van der Waals surface area contributed by atoms with E-state index in [1.54, 1.807) is 0 Å². The highest BCUT2D eigenvalue weighted by molar-refractivity contribution is 6.32. The van der Waals surface area contributed by atoms with Gasteiger partial charge in [-0.05, 0) is 30.3 Å². The number of hydrogen-bond acceptors (Lipinski definition) is 1. The molecular formula is C14H8ClNO. The van der Waals surface area contributed by atoms with Gasteiger partial charge in [-0.1, -0.05) is 23.7 Å². The molecule has 0 saturated carbocycles. The lowest BCUT2D eigenvalue weighted by Crippen LogP contribution is -1.68. The van der Waals surface area contributed by atoms with Crippen LogP contribution < -0.4 is 0 Å². The summed E-state index contributed by atoms with van der Waals surface area (Å²) in [7, 11) is 0. The minimum Gasteiger partial charge on any atom is -0.454 e. The first kappa shape index (κ1) is 9.14. The number of halogens is 1. The van der Waals surface area contributed by atoms with Gasteiger partial charge in [0, 0.05) is 21.3 Å². The van der Waals surface area contributed by atoms with Crippen molar-refractivity contribution in [3.63, 3.8) is 0 Å². The monoisotopic (exact) mass is 241 g/mol. The minimum atomic E-state index is 0.721. The van der Waals surface area contributed by atoms with Crippen LogP contribution in [0.5, 0.6) is 0 Å². The Morgan fingerprint density at radius 3 is 2.82 bits per heavy atom. The molecule has 4 rings (SSSR count). The van der Waals surface area contributed by atoms with Gasteiger partial charge in [0.2, 0.25) is 0 Å². The molecule has 0 amide bonds. The molecule has 0 fully saturated rings. The SMILES string of the molecule is Clc1ccc2oc3c4ccccc4[nH]c3c2c1. The summed E-state index contributed by atoms with van der Waals surface area (Å²) in [6, 6.07) is 13.8. The van der Waals surface area contributed by atoms with Gasteiger partial charge in [0.25, 0.3) is 0 Å². The van der Waals surface area contributed by atoms with Gasteiger partial charge in [0.05, 0.1) is 5.52 Å². The van der Waals surface area contributed by atoms with Crippen molar-refractivity contribution in [2.45, 2.75) is 0 Å². The van der Waals surface area contributed by atoms with E-state index in [2.05, 4.69) is 11.1 Å². The van der Waals surface area contributed by atoms with Crippen molar-refractivity contribution in [2.75, 3.05) is 0 Å². The molecule has 1 N–H and O–H groups in total. The number of nitrogens with one attached hydrogen (secondary N) is 1. The van der Waals surface area contributed by atoms with Crippen LogP contribution in [0.1, 0.15) is 0 Å². The first-order chi connectivity index (χ1) is 8.33. The van der Waals surface area contributed by atoms with E-state index in [-0.39, 0.29) is 0 Å². The molecular weight excluding hydrogens is 234 g/mol. The maximum absolute atomic E-state index is 6.02. The van der Waals surface area contributed by atoms with E-state index in [9.17, 15) is 0 Å². The lowest BCUT2D eigenvalue weighted by atomic mass is 10.2. The molecule has 2 heterocycles. The van der Waals surface area contributed by atoms with Crippen molar-refractivity contribution in [2.24, 2.45) is 0 Å². The van der Waals surface area contributed by atoms with Crippen molar-refractivity contribution in [1.29, 1.82) is 0 Å². The fraction of sp³-hybridized carbons (Fsp3) is 0. The Labute approximate surface area is 102 Å². The van der Waals surface area contributed by atoms with Crippen LogP contribution in [0.25, 0.3) is 33.0 Å². The van der Waals surface area contributed by atoms with Gasteiger partial charge in [0.1, 0.15) is 5.58 Å². The molecule has 0 spiro atoms. The van der Waals surface area contributed by atoms with Gasteiger partial charge in [-0.15, -0.1) is 0 Å². The second kappa shape index (κ2) is 3.05. The molecule has 0 radical (unpaired) electrons. The van der Waals surface area contributed by atoms with Crippen LogP contribution in [0, 0.1) is 0 Å². The molecule has 0 unspecified atom stereocenters. The number of furan rings is 1. The number of fused-ring (bicyclic) bond motifs is 5. The highest BCUT2D eigenvalue weighted by atomic mass is 35.5. The van der Waals surface area contributed by atoms with Crippen molar-refractivity contribution in [3.05, 3.63) is 47.5 Å². The predicted octanol–water partition coefficient (Wildman–Crippen LogP) is 4.72. The average molecular weight is 242 g/mol. The van der Waals surface area contributed by atoms with Crippen LogP contribution in [0.3, 0.4) is 0 Å². The second-order valence-electron chi connectivity index (χ2n) is 4.12. The molecule has 2 aromatic heterocycles. The zero-order valence-corrected chi connectivity index (χ0v) is 9.58. The van der Waals surface area contributed by atoms with Gasteiger partial charge in [0.15, 0.2) is 5.58 Å². The maximum atomic E-state index is 6.02. The van der Waals surface area contributed by atoms with E-state index < -0.39 is 0 Å². The molecule has 82 valence electrons. The van der Waals surface area contributed by atoms with Crippen molar-refractivity contribution in [1.82, 2.24) is 4.98 Å². The predicted molar refractivity (Wildman–Crippen MR) is 70.6 cm³/mol. The zero-order chi connectivity index (χ0) is 11.4. The Bertz CT molecular complexity index is 856. The number of aromatic nitrogens is 1. The molecule has 0 atom stereocenters. The van der Waals surface area contributed by atoms with Crippen molar-refractivity contribution < 1.29 is 4.42 Å². The molecule has 2 aromatic carbocycles. The third kappa shape index (κ3) is 1.16. The summed E-state index contributed by atoms with van der Waals surface area (Å²) in [6.07, 6.45) is 0. The van der Waals surface area contributed by atoms with E-state index >= 15 is 0 Å². The quantitative estimate of drug-likeness (QED) is 0.474. The molecule has 2 nitrogen and oxygen atoms in total. The number of hydrogen-bond donors (Lipinski definition) is 1. The van der Waals surface area contributed by atoms with E-state index in [4.69, 9.17) is 16.0 Å².